The van der Waals surface area contributed by atoms with Crippen LogP contribution >= 0.6 is 0 Å². The Kier molecular flexibility index (Phi) is 6.10. The minimum absolute atomic E-state index is 0.757. The monoisotopic (exact) mass is 726 g/mol. The normalized spacial score (nSPS) is 12.2. The number of furan rings is 1. The fourth-order valence-corrected chi connectivity index (χ4v) is 9.41. The van der Waals surface area contributed by atoms with E-state index < -0.39 is 0 Å². The lowest BCUT2D eigenvalue weighted by Gasteiger charge is -2.14. The molecule has 0 aliphatic heterocycles. The third kappa shape index (κ3) is 4.23. The Hall–Kier alpha value is -7.76. The van der Waals surface area contributed by atoms with Gasteiger partial charge in [-0.15, -0.1) is 0 Å². The summed E-state index contributed by atoms with van der Waals surface area (Å²) in [4.78, 5) is 10.9. The van der Waals surface area contributed by atoms with Crippen molar-refractivity contribution in [3.8, 4) is 22.8 Å². The predicted octanol–water partition coefficient (Wildman–Crippen LogP) is 13.7. The van der Waals surface area contributed by atoms with E-state index in [0.717, 1.165) is 72.2 Å². The summed E-state index contributed by atoms with van der Waals surface area (Å²) in [7, 11) is 0. The molecule has 0 radical (unpaired) electrons. The second-order valence-corrected chi connectivity index (χ2v) is 14.9. The summed E-state index contributed by atoms with van der Waals surface area (Å²) in [6.07, 6.45) is 0. The third-order valence-corrected chi connectivity index (χ3v) is 11.9. The Balaban J connectivity index is 1.17. The zero-order chi connectivity index (χ0) is 37.2. The van der Waals surface area contributed by atoms with E-state index in [1.54, 1.807) is 0 Å². The first-order valence-electron chi connectivity index (χ1n) is 19.3. The van der Waals surface area contributed by atoms with Crippen LogP contribution in [0, 0.1) is 0 Å². The number of benzene rings is 9. The Morgan fingerprint density at radius 2 is 1.05 bits per heavy atom. The van der Waals surface area contributed by atoms with Crippen LogP contribution in [0.1, 0.15) is 0 Å². The van der Waals surface area contributed by atoms with E-state index in [0.29, 0.717) is 0 Å². The molecular weight excluding hydrogens is 697 g/mol. The molecule has 0 aliphatic carbocycles. The van der Waals surface area contributed by atoms with Crippen LogP contribution < -0.4 is 0 Å². The first-order chi connectivity index (χ1) is 28.3. The average molecular weight is 727 g/mol. The number of rotatable bonds is 3. The van der Waals surface area contributed by atoms with Crippen LogP contribution in [0.5, 0.6) is 0 Å². The molecule has 0 saturated heterocycles. The lowest BCUT2D eigenvalue weighted by Crippen LogP contribution is -2.04. The lowest BCUT2D eigenvalue weighted by atomic mass is 10.0. The van der Waals surface area contributed by atoms with E-state index in [2.05, 4.69) is 155 Å². The Bertz CT molecular complexity index is 3830. The summed E-state index contributed by atoms with van der Waals surface area (Å²) in [5.74, 6) is 0.757. The van der Waals surface area contributed by atoms with Gasteiger partial charge in [-0.05, 0) is 70.8 Å². The van der Waals surface area contributed by atoms with Crippen LogP contribution in [0.3, 0.4) is 0 Å². The molecule has 0 aliphatic rings. The van der Waals surface area contributed by atoms with Crippen molar-refractivity contribution in [3.05, 3.63) is 182 Å². The van der Waals surface area contributed by atoms with E-state index in [1.165, 1.54) is 48.7 Å². The van der Waals surface area contributed by atoms with Gasteiger partial charge < -0.3 is 8.98 Å². The highest BCUT2D eigenvalue weighted by Crippen LogP contribution is 2.43. The van der Waals surface area contributed by atoms with E-state index in [-0.39, 0.29) is 0 Å². The molecule has 13 aromatic rings. The van der Waals surface area contributed by atoms with Crippen LogP contribution in [-0.2, 0) is 0 Å². The van der Waals surface area contributed by atoms with Gasteiger partial charge in [-0.25, -0.2) is 9.97 Å². The van der Waals surface area contributed by atoms with Crippen molar-refractivity contribution >= 4 is 98.1 Å². The summed E-state index contributed by atoms with van der Waals surface area (Å²) < 4.78 is 11.4. The molecule has 0 bridgehead atoms. The van der Waals surface area contributed by atoms with Crippen molar-refractivity contribution in [2.75, 3.05) is 0 Å². The largest absolute Gasteiger partial charge is 0.455 e. The van der Waals surface area contributed by atoms with Crippen molar-refractivity contribution in [1.82, 2.24) is 19.1 Å². The molecule has 0 N–H and O–H groups in total. The maximum Gasteiger partial charge on any atom is 0.165 e. The van der Waals surface area contributed by atoms with Gasteiger partial charge in [-0.3, -0.25) is 4.57 Å². The first kappa shape index (κ1) is 30.6. The lowest BCUT2D eigenvalue weighted by molar-refractivity contribution is 0.669. The predicted molar refractivity (Wildman–Crippen MR) is 236 cm³/mol. The molecule has 57 heavy (non-hydrogen) atoms. The van der Waals surface area contributed by atoms with E-state index >= 15 is 0 Å². The average Bonchev–Trinajstić information content (AvgIpc) is 3.94. The van der Waals surface area contributed by atoms with E-state index in [4.69, 9.17) is 14.4 Å². The smallest absolute Gasteiger partial charge is 0.165 e. The Labute approximate surface area is 325 Å². The van der Waals surface area contributed by atoms with Gasteiger partial charge in [0.2, 0.25) is 0 Å². The van der Waals surface area contributed by atoms with Crippen molar-refractivity contribution in [3.63, 3.8) is 0 Å². The molecule has 0 unspecified atom stereocenters. The molecule has 13 rings (SSSR count). The minimum Gasteiger partial charge on any atom is -0.455 e. The quantitative estimate of drug-likeness (QED) is 0.182. The van der Waals surface area contributed by atoms with Gasteiger partial charge >= 0.3 is 0 Å². The molecule has 264 valence electrons. The summed E-state index contributed by atoms with van der Waals surface area (Å²) in [5, 5.41) is 11.8. The molecule has 9 aromatic carbocycles. The number of aromatic nitrogens is 4. The Morgan fingerprint density at radius 3 is 1.93 bits per heavy atom. The van der Waals surface area contributed by atoms with Crippen LogP contribution in [0.25, 0.3) is 121 Å². The second kappa shape index (κ2) is 11.4. The number of hydrogen-bond donors (Lipinski definition) is 0. The van der Waals surface area contributed by atoms with Gasteiger partial charge in [0.1, 0.15) is 16.9 Å². The zero-order valence-corrected chi connectivity index (χ0v) is 30.5. The first-order valence-corrected chi connectivity index (χ1v) is 19.3. The molecule has 5 heteroatoms. The summed E-state index contributed by atoms with van der Waals surface area (Å²) in [5.41, 5.74) is 10.6. The summed E-state index contributed by atoms with van der Waals surface area (Å²) in [6, 6.07) is 64.7. The minimum atomic E-state index is 0.757. The fourth-order valence-electron chi connectivity index (χ4n) is 9.41. The van der Waals surface area contributed by atoms with Crippen molar-refractivity contribution < 1.29 is 4.42 Å². The zero-order valence-electron chi connectivity index (χ0n) is 30.5. The summed E-state index contributed by atoms with van der Waals surface area (Å²) >= 11 is 0. The SMILES string of the molecule is c1ccc2c(c1)ccc1c2c2cc(-n3c4ccccc4c4ccc5ccccc5c43)ccc2n1-c1nc2ccccc2nc1-c1cccc2c1oc1ccccc12. The Morgan fingerprint density at radius 1 is 0.404 bits per heavy atom. The highest BCUT2D eigenvalue weighted by Gasteiger charge is 2.24. The third-order valence-electron chi connectivity index (χ3n) is 11.9. The highest BCUT2D eigenvalue weighted by atomic mass is 16.3. The fraction of sp³-hybridized carbons (Fsp3) is 0. The van der Waals surface area contributed by atoms with Crippen molar-refractivity contribution in [2.45, 2.75) is 0 Å². The molecule has 4 heterocycles. The molecule has 0 fully saturated rings. The van der Waals surface area contributed by atoms with Gasteiger partial charge in [-0.1, -0.05) is 127 Å². The van der Waals surface area contributed by atoms with Gasteiger partial charge in [0.15, 0.2) is 5.82 Å². The highest BCUT2D eigenvalue weighted by molar-refractivity contribution is 6.23. The topological polar surface area (TPSA) is 48.8 Å². The van der Waals surface area contributed by atoms with Gasteiger partial charge in [0.05, 0.1) is 33.1 Å². The van der Waals surface area contributed by atoms with Gasteiger partial charge in [-0.2, -0.15) is 0 Å². The molecule has 0 spiro atoms. The molecule has 0 atom stereocenters. The number of para-hydroxylation sites is 5. The summed E-state index contributed by atoms with van der Waals surface area (Å²) in [6.45, 7) is 0. The van der Waals surface area contributed by atoms with Crippen molar-refractivity contribution in [2.24, 2.45) is 0 Å². The standard InChI is InChI=1S/C52H30N4O/c1-3-14-34-31(12-1)25-28-46-48(34)41-30-33(55-44-22-9-5-16-36(44)38-27-24-32-13-2-4-15-35(32)50(38)55)26-29-45(41)56(46)52-49(53-42-20-7-8-21-43(42)54-52)40-19-11-18-39-37-17-6-10-23-47(37)57-51(39)40/h1-30H. The van der Waals surface area contributed by atoms with Crippen LogP contribution in [0.15, 0.2) is 186 Å². The second-order valence-electron chi connectivity index (χ2n) is 14.9. The van der Waals surface area contributed by atoms with E-state index in [1.807, 2.05) is 36.4 Å². The van der Waals surface area contributed by atoms with Crippen LogP contribution in [0.4, 0.5) is 0 Å². The van der Waals surface area contributed by atoms with E-state index in [9.17, 15) is 0 Å². The maximum atomic E-state index is 6.63. The van der Waals surface area contributed by atoms with Gasteiger partial charge in [0.25, 0.3) is 0 Å². The number of nitrogens with zero attached hydrogens (tertiary/aromatic N) is 4. The molecule has 0 amide bonds. The number of fused-ring (bicyclic) bond motifs is 14. The molecule has 4 aromatic heterocycles. The maximum absolute atomic E-state index is 6.63. The molecule has 5 nitrogen and oxygen atoms in total. The molecular formula is C52H30N4O. The van der Waals surface area contributed by atoms with Crippen LogP contribution in [0.2, 0.25) is 0 Å². The number of hydrogen-bond acceptors (Lipinski definition) is 3. The van der Waals surface area contributed by atoms with Gasteiger partial charge in [0, 0.05) is 49.0 Å². The van der Waals surface area contributed by atoms with Crippen LogP contribution in [-0.4, -0.2) is 19.1 Å². The van der Waals surface area contributed by atoms with Crippen molar-refractivity contribution in [1.29, 1.82) is 0 Å². The molecule has 0 saturated carbocycles.